The van der Waals surface area contributed by atoms with Crippen LogP contribution in [0.1, 0.15) is 57.4 Å². The van der Waals surface area contributed by atoms with Crippen LogP contribution in [-0.2, 0) is 15.0 Å². The number of nitrogens with one attached hydrogen (secondary N) is 2. The molecule has 1 atom stereocenters. The lowest BCUT2D eigenvalue weighted by Crippen LogP contribution is -2.55. The van der Waals surface area contributed by atoms with Gasteiger partial charge in [0.05, 0.1) is 5.41 Å². The summed E-state index contributed by atoms with van der Waals surface area (Å²) in [6.07, 6.45) is 6.65. The van der Waals surface area contributed by atoms with Crippen molar-refractivity contribution in [3.63, 3.8) is 0 Å². The molecule has 0 aliphatic heterocycles. The second-order valence-electron chi connectivity index (χ2n) is 7.13. The van der Waals surface area contributed by atoms with Crippen molar-refractivity contribution < 1.29 is 14.0 Å². The van der Waals surface area contributed by atoms with Crippen LogP contribution < -0.4 is 10.6 Å². The highest BCUT2D eigenvalue weighted by molar-refractivity contribution is 5.93. The summed E-state index contributed by atoms with van der Waals surface area (Å²) >= 11 is 0. The van der Waals surface area contributed by atoms with E-state index < -0.39 is 11.5 Å². The van der Waals surface area contributed by atoms with Gasteiger partial charge in [0.1, 0.15) is 11.9 Å². The fraction of sp³-hybridized carbons (Fsp3) is 0.579. The number of rotatable bonds is 5. The maximum absolute atomic E-state index is 13.5. The number of carbonyl (C=O) groups is 2. The van der Waals surface area contributed by atoms with Gasteiger partial charge in [-0.2, -0.15) is 0 Å². The van der Waals surface area contributed by atoms with Crippen molar-refractivity contribution in [2.45, 2.75) is 69.4 Å². The number of hydrogen-bond donors (Lipinski definition) is 2. The Morgan fingerprint density at radius 2 is 1.92 bits per heavy atom. The van der Waals surface area contributed by atoms with Crippen LogP contribution in [0.2, 0.25) is 0 Å². The largest absolute Gasteiger partial charge is 0.352 e. The average Bonchev–Trinajstić information content (AvgIpc) is 2.99. The Balaban J connectivity index is 1.65. The lowest BCUT2D eigenvalue weighted by molar-refractivity contribution is -0.134. The molecular weight excluding hydrogens is 307 g/mol. The van der Waals surface area contributed by atoms with Gasteiger partial charge in [-0.3, -0.25) is 9.59 Å². The zero-order valence-corrected chi connectivity index (χ0v) is 14.1. The monoisotopic (exact) mass is 332 g/mol. The molecule has 0 heterocycles. The van der Waals surface area contributed by atoms with Gasteiger partial charge in [-0.05, 0) is 50.3 Å². The van der Waals surface area contributed by atoms with Gasteiger partial charge in [-0.25, -0.2) is 4.39 Å². The molecule has 0 saturated heterocycles. The minimum Gasteiger partial charge on any atom is -0.352 e. The zero-order chi connectivity index (χ0) is 17.2. The fourth-order valence-corrected chi connectivity index (χ4v) is 3.76. The van der Waals surface area contributed by atoms with E-state index in [2.05, 4.69) is 10.6 Å². The molecule has 0 bridgehead atoms. The van der Waals surface area contributed by atoms with Crippen molar-refractivity contribution >= 4 is 11.8 Å². The smallest absolute Gasteiger partial charge is 0.242 e. The number of amides is 2. The molecule has 0 spiro atoms. The lowest BCUT2D eigenvalue weighted by atomic mass is 9.63. The highest BCUT2D eigenvalue weighted by atomic mass is 19.1. The predicted molar refractivity (Wildman–Crippen MR) is 89.9 cm³/mol. The molecule has 2 saturated carbocycles. The van der Waals surface area contributed by atoms with Gasteiger partial charge < -0.3 is 10.6 Å². The van der Waals surface area contributed by atoms with Gasteiger partial charge >= 0.3 is 0 Å². The van der Waals surface area contributed by atoms with Crippen LogP contribution in [0.25, 0.3) is 0 Å². The molecule has 2 aliphatic rings. The summed E-state index contributed by atoms with van der Waals surface area (Å²) in [5, 5.41) is 5.85. The van der Waals surface area contributed by atoms with Gasteiger partial charge in [0.25, 0.3) is 0 Å². The second kappa shape index (κ2) is 6.91. The minimum absolute atomic E-state index is 0.135. The van der Waals surface area contributed by atoms with E-state index >= 15 is 0 Å². The third kappa shape index (κ3) is 3.30. The second-order valence-corrected chi connectivity index (χ2v) is 7.13. The number of halogens is 1. The average molecular weight is 332 g/mol. The quantitative estimate of drug-likeness (QED) is 0.871. The Kier molecular flexibility index (Phi) is 4.88. The third-order valence-corrected chi connectivity index (χ3v) is 5.46. The molecule has 4 nitrogen and oxygen atoms in total. The summed E-state index contributed by atoms with van der Waals surface area (Å²) in [4.78, 5) is 25.1. The Hall–Kier alpha value is -1.91. The van der Waals surface area contributed by atoms with E-state index in [9.17, 15) is 14.0 Å². The van der Waals surface area contributed by atoms with E-state index in [-0.39, 0.29) is 23.7 Å². The molecule has 1 aromatic carbocycles. The molecule has 5 heteroatoms. The lowest BCUT2D eigenvalue weighted by Gasteiger charge is -2.41. The zero-order valence-electron chi connectivity index (χ0n) is 14.1. The Morgan fingerprint density at radius 3 is 2.50 bits per heavy atom. The normalized spacial score (nSPS) is 20.9. The van der Waals surface area contributed by atoms with Gasteiger partial charge in [0.15, 0.2) is 0 Å². The van der Waals surface area contributed by atoms with Crippen molar-refractivity contribution in [2.24, 2.45) is 0 Å². The topological polar surface area (TPSA) is 58.2 Å². The Bertz CT molecular complexity index is 622. The van der Waals surface area contributed by atoms with Crippen LogP contribution in [0, 0.1) is 5.82 Å². The maximum Gasteiger partial charge on any atom is 0.242 e. The molecule has 0 radical (unpaired) electrons. The highest BCUT2D eigenvalue weighted by Gasteiger charge is 2.46. The summed E-state index contributed by atoms with van der Waals surface area (Å²) in [6.45, 7) is 1.71. The van der Waals surface area contributed by atoms with Gasteiger partial charge in [-0.1, -0.05) is 31.4 Å². The number of benzene rings is 1. The summed E-state index contributed by atoms with van der Waals surface area (Å²) < 4.78 is 13.5. The van der Waals surface area contributed by atoms with Crippen LogP contribution in [0.15, 0.2) is 24.3 Å². The Morgan fingerprint density at radius 1 is 1.21 bits per heavy atom. The third-order valence-electron chi connectivity index (χ3n) is 5.46. The SMILES string of the molecule is C[C@@H](NC(=O)C1(c2cccc(F)c2)CCC1)C(=O)NC1CCCC1. The van der Waals surface area contributed by atoms with Crippen molar-refractivity contribution in [3.8, 4) is 0 Å². The first kappa shape index (κ1) is 16.9. The summed E-state index contributed by atoms with van der Waals surface area (Å²) in [6, 6.07) is 5.90. The molecule has 1 aromatic rings. The summed E-state index contributed by atoms with van der Waals surface area (Å²) in [5.41, 5.74) is 0.0129. The van der Waals surface area contributed by atoms with Crippen molar-refractivity contribution in [2.75, 3.05) is 0 Å². The summed E-state index contributed by atoms with van der Waals surface area (Å²) in [5.74, 6) is -0.643. The van der Waals surface area contributed by atoms with Crippen LogP contribution in [0.5, 0.6) is 0 Å². The van der Waals surface area contributed by atoms with Crippen LogP contribution >= 0.6 is 0 Å². The van der Waals surface area contributed by atoms with Crippen LogP contribution in [-0.4, -0.2) is 23.9 Å². The predicted octanol–water partition coefficient (Wildman–Crippen LogP) is 2.81. The fourth-order valence-electron chi connectivity index (χ4n) is 3.76. The van der Waals surface area contributed by atoms with Crippen LogP contribution in [0.3, 0.4) is 0 Å². The minimum atomic E-state index is -0.690. The van der Waals surface area contributed by atoms with Gasteiger partial charge in [-0.15, -0.1) is 0 Å². The standard InChI is InChI=1S/C19H25FN2O2/c1-13(17(23)22-16-8-2-3-9-16)21-18(24)19(10-5-11-19)14-6-4-7-15(20)12-14/h4,6-7,12-13,16H,2-3,5,8-11H2,1H3,(H,21,24)(H,22,23)/t13-/m1/s1. The highest BCUT2D eigenvalue weighted by Crippen LogP contribution is 2.44. The maximum atomic E-state index is 13.5. The van der Waals surface area contributed by atoms with Crippen LogP contribution in [0.4, 0.5) is 4.39 Å². The molecule has 24 heavy (non-hydrogen) atoms. The van der Waals surface area contributed by atoms with Gasteiger partial charge in [0, 0.05) is 6.04 Å². The number of hydrogen-bond acceptors (Lipinski definition) is 2. The molecule has 2 amide bonds. The molecule has 2 N–H and O–H groups in total. The van der Waals surface area contributed by atoms with E-state index in [4.69, 9.17) is 0 Å². The van der Waals surface area contributed by atoms with Gasteiger partial charge in [0.2, 0.25) is 11.8 Å². The van der Waals surface area contributed by atoms with E-state index in [1.165, 1.54) is 12.1 Å². The molecule has 130 valence electrons. The molecule has 2 aliphatic carbocycles. The number of carbonyl (C=O) groups excluding carboxylic acids is 2. The molecule has 0 aromatic heterocycles. The van der Waals surface area contributed by atoms with Crippen molar-refractivity contribution in [3.05, 3.63) is 35.6 Å². The first-order valence-electron chi connectivity index (χ1n) is 8.89. The first-order valence-corrected chi connectivity index (χ1v) is 8.89. The van der Waals surface area contributed by atoms with E-state index in [0.29, 0.717) is 18.4 Å². The molecular formula is C19H25FN2O2. The van der Waals surface area contributed by atoms with E-state index in [1.54, 1.807) is 19.1 Å². The molecule has 0 unspecified atom stereocenters. The Labute approximate surface area is 142 Å². The van der Waals surface area contributed by atoms with E-state index in [1.807, 2.05) is 0 Å². The summed E-state index contributed by atoms with van der Waals surface area (Å²) in [7, 11) is 0. The molecule has 3 rings (SSSR count). The van der Waals surface area contributed by atoms with E-state index in [0.717, 1.165) is 32.1 Å². The molecule has 2 fully saturated rings. The van der Waals surface area contributed by atoms with Crippen molar-refractivity contribution in [1.82, 2.24) is 10.6 Å². The first-order chi connectivity index (χ1) is 11.5. The van der Waals surface area contributed by atoms with Crippen molar-refractivity contribution in [1.29, 1.82) is 0 Å².